The molecule has 0 spiro atoms. The van der Waals surface area contributed by atoms with E-state index in [9.17, 15) is 4.79 Å². The van der Waals surface area contributed by atoms with E-state index in [2.05, 4.69) is 4.74 Å². The Balaban J connectivity index is 2.68. The van der Waals surface area contributed by atoms with Crippen molar-refractivity contribution in [3.8, 4) is 0 Å². The van der Waals surface area contributed by atoms with E-state index >= 15 is 0 Å². The molecule has 1 rings (SSSR count). The topological polar surface area (TPSA) is 78.3 Å². The van der Waals surface area contributed by atoms with Crippen molar-refractivity contribution < 1.29 is 9.53 Å². The molecule has 1 aromatic rings. The highest BCUT2D eigenvalue weighted by Crippen LogP contribution is 2.26. The fourth-order valence-electron chi connectivity index (χ4n) is 1.38. The van der Waals surface area contributed by atoms with E-state index in [0.717, 1.165) is 5.56 Å². The van der Waals surface area contributed by atoms with Gasteiger partial charge in [-0.15, -0.1) is 0 Å². The molecule has 1 unspecified atom stereocenters. The molecule has 1 aromatic carbocycles. The van der Waals surface area contributed by atoms with Crippen LogP contribution in [0.15, 0.2) is 18.2 Å². The van der Waals surface area contributed by atoms with Gasteiger partial charge in [0.1, 0.15) is 0 Å². The fraction of sp³-hybridized carbons (Fsp3) is 0.364. The highest BCUT2D eigenvalue weighted by molar-refractivity contribution is 6.31. The zero-order chi connectivity index (χ0) is 12.1. The maximum absolute atomic E-state index is 11.0. The molecule has 0 saturated heterocycles. The van der Waals surface area contributed by atoms with Gasteiger partial charge in [-0.1, -0.05) is 11.6 Å². The SMILES string of the molecule is COC(=O)CCC(N)c1cc(N)ccc1Cl. The molecule has 16 heavy (non-hydrogen) atoms. The van der Waals surface area contributed by atoms with Gasteiger partial charge in [-0.25, -0.2) is 0 Å². The summed E-state index contributed by atoms with van der Waals surface area (Å²) in [5.74, 6) is -0.282. The second-order valence-electron chi connectivity index (χ2n) is 3.50. The third kappa shape index (κ3) is 3.40. The standard InChI is InChI=1S/C11H15ClN2O2/c1-16-11(15)5-4-10(14)8-6-7(13)2-3-9(8)12/h2-3,6,10H,4-5,13-14H2,1H3. The van der Waals surface area contributed by atoms with Gasteiger partial charge in [-0.3, -0.25) is 4.79 Å². The molecule has 5 heteroatoms. The van der Waals surface area contributed by atoms with E-state index in [-0.39, 0.29) is 18.4 Å². The Labute approximate surface area is 99.5 Å². The molecule has 0 bridgehead atoms. The molecule has 0 amide bonds. The first kappa shape index (κ1) is 12.8. The average molecular weight is 243 g/mol. The molecule has 4 nitrogen and oxygen atoms in total. The molecule has 0 heterocycles. The molecule has 0 aromatic heterocycles. The van der Waals surface area contributed by atoms with Crippen molar-refractivity contribution in [2.45, 2.75) is 18.9 Å². The molecule has 1 atom stereocenters. The van der Waals surface area contributed by atoms with Crippen LogP contribution in [0.2, 0.25) is 5.02 Å². The second kappa shape index (κ2) is 5.72. The number of nitrogen functional groups attached to an aromatic ring is 1. The molecule has 0 fully saturated rings. The van der Waals surface area contributed by atoms with Gasteiger partial charge >= 0.3 is 5.97 Å². The number of benzene rings is 1. The zero-order valence-corrected chi connectivity index (χ0v) is 9.83. The van der Waals surface area contributed by atoms with Crippen molar-refractivity contribution in [1.29, 1.82) is 0 Å². The summed E-state index contributed by atoms with van der Waals surface area (Å²) < 4.78 is 4.54. The minimum absolute atomic E-state index is 0.267. The predicted octanol–water partition coefficient (Wildman–Crippen LogP) is 1.88. The van der Waals surface area contributed by atoms with Crippen molar-refractivity contribution in [2.24, 2.45) is 5.73 Å². The van der Waals surface area contributed by atoms with Crippen molar-refractivity contribution in [3.63, 3.8) is 0 Å². The van der Waals surface area contributed by atoms with Gasteiger partial charge in [-0.05, 0) is 30.2 Å². The quantitative estimate of drug-likeness (QED) is 0.624. The van der Waals surface area contributed by atoms with Gasteiger partial charge in [0.05, 0.1) is 7.11 Å². The molecule has 0 aliphatic heterocycles. The van der Waals surface area contributed by atoms with E-state index in [1.54, 1.807) is 18.2 Å². The smallest absolute Gasteiger partial charge is 0.305 e. The summed E-state index contributed by atoms with van der Waals surface area (Å²) in [5, 5.41) is 0.562. The Morgan fingerprint density at radius 2 is 2.25 bits per heavy atom. The minimum Gasteiger partial charge on any atom is -0.469 e. The average Bonchev–Trinajstić information content (AvgIpc) is 2.28. The summed E-state index contributed by atoms with van der Waals surface area (Å²) >= 11 is 5.99. The molecule has 0 radical (unpaired) electrons. The van der Waals surface area contributed by atoms with Crippen LogP contribution in [0.5, 0.6) is 0 Å². The predicted molar refractivity (Wildman–Crippen MR) is 64.0 cm³/mol. The summed E-state index contributed by atoms with van der Waals surface area (Å²) in [6, 6.07) is 4.82. The van der Waals surface area contributed by atoms with Gasteiger partial charge < -0.3 is 16.2 Å². The molecule has 0 aliphatic carbocycles. The van der Waals surface area contributed by atoms with E-state index < -0.39 is 0 Å². The van der Waals surface area contributed by atoms with Crippen LogP contribution in [0.1, 0.15) is 24.4 Å². The Bertz CT molecular complexity index is 382. The van der Waals surface area contributed by atoms with Crippen LogP contribution in [0, 0.1) is 0 Å². The lowest BCUT2D eigenvalue weighted by atomic mass is 10.0. The lowest BCUT2D eigenvalue weighted by molar-refractivity contribution is -0.140. The Kier molecular flexibility index (Phi) is 4.58. The lowest BCUT2D eigenvalue weighted by Gasteiger charge is -2.13. The summed E-state index contributed by atoms with van der Waals surface area (Å²) in [7, 11) is 1.35. The summed E-state index contributed by atoms with van der Waals surface area (Å²) in [4.78, 5) is 11.0. The monoisotopic (exact) mass is 242 g/mol. The van der Waals surface area contributed by atoms with Crippen molar-refractivity contribution in [1.82, 2.24) is 0 Å². The maximum Gasteiger partial charge on any atom is 0.305 e. The van der Waals surface area contributed by atoms with Gasteiger partial charge in [0.25, 0.3) is 0 Å². The number of methoxy groups -OCH3 is 1. The van der Waals surface area contributed by atoms with Crippen molar-refractivity contribution in [2.75, 3.05) is 12.8 Å². The summed E-state index contributed by atoms with van der Waals surface area (Å²) in [6.45, 7) is 0. The number of anilines is 1. The third-order valence-corrected chi connectivity index (χ3v) is 2.65. The van der Waals surface area contributed by atoms with Crippen LogP contribution in [-0.2, 0) is 9.53 Å². The number of rotatable bonds is 4. The number of ether oxygens (including phenoxy) is 1. The number of halogens is 1. The fourth-order valence-corrected chi connectivity index (χ4v) is 1.63. The number of carbonyl (C=O) groups excluding carboxylic acids is 1. The Morgan fingerprint density at radius 1 is 1.56 bits per heavy atom. The van der Waals surface area contributed by atoms with Crippen LogP contribution >= 0.6 is 11.6 Å². The molecule has 88 valence electrons. The van der Waals surface area contributed by atoms with E-state index in [1.165, 1.54) is 7.11 Å². The van der Waals surface area contributed by atoms with Gasteiger partial charge in [0.2, 0.25) is 0 Å². The Hall–Kier alpha value is -1.26. The highest BCUT2D eigenvalue weighted by atomic mass is 35.5. The molecule has 0 aliphatic rings. The van der Waals surface area contributed by atoms with Crippen LogP contribution in [0.25, 0.3) is 0 Å². The van der Waals surface area contributed by atoms with Crippen molar-refractivity contribution in [3.05, 3.63) is 28.8 Å². The van der Waals surface area contributed by atoms with Crippen LogP contribution in [0.4, 0.5) is 5.69 Å². The molecular weight excluding hydrogens is 228 g/mol. The molecule has 4 N–H and O–H groups in total. The number of esters is 1. The molecular formula is C11H15ClN2O2. The van der Waals surface area contributed by atoms with E-state index in [0.29, 0.717) is 17.1 Å². The number of hydrogen-bond donors (Lipinski definition) is 2. The van der Waals surface area contributed by atoms with Crippen LogP contribution in [0.3, 0.4) is 0 Å². The van der Waals surface area contributed by atoms with E-state index in [4.69, 9.17) is 23.1 Å². The number of carbonyl (C=O) groups is 1. The van der Waals surface area contributed by atoms with Crippen LogP contribution < -0.4 is 11.5 Å². The summed E-state index contributed by atoms with van der Waals surface area (Å²) in [5.41, 5.74) is 12.9. The zero-order valence-electron chi connectivity index (χ0n) is 9.07. The highest BCUT2D eigenvalue weighted by Gasteiger charge is 2.12. The van der Waals surface area contributed by atoms with Crippen LogP contribution in [-0.4, -0.2) is 13.1 Å². The first-order chi connectivity index (χ1) is 7.54. The normalized spacial score (nSPS) is 12.2. The summed E-state index contributed by atoms with van der Waals surface area (Å²) in [6.07, 6.45) is 0.749. The van der Waals surface area contributed by atoms with Gasteiger partial charge in [0.15, 0.2) is 0 Å². The first-order valence-corrected chi connectivity index (χ1v) is 5.29. The van der Waals surface area contributed by atoms with Gasteiger partial charge in [0, 0.05) is 23.2 Å². The third-order valence-electron chi connectivity index (χ3n) is 2.31. The van der Waals surface area contributed by atoms with Gasteiger partial charge in [-0.2, -0.15) is 0 Å². The largest absolute Gasteiger partial charge is 0.469 e. The van der Waals surface area contributed by atoms with Crippen molar-refractivity contribution >= 4 is 23.3 Å². The second-order valence-corrected chi connectivity index (χ2v) is 3.91. The number of hydrogen-bond acceptors (Lipinski definition) is 4. The maximum atomic E-state index is 11.0. The first-order valence-electron chi connectivity index (χ1n) is 4.92. The number of nitrogens with two attached hydrogens (primary N) is 2. The van der Waals surface area contributed by atoms with E-state index in [1.807, 2.05) is 0 Å². The Morgan fingerprint density at radius 3 is 2.88 bits per heavy atom. The minimum atomic E-state index is -0.310. The molecule has 0 saturated carbocycles. The lowest BCUT2D eigenvalue weighted by Crippen LogP contribution is -2.13.